The fourth-order valence-electron chi connectivity index (χ4n) is 3.93. The number of hydrogen-bond acceptors (Lipinski definition) is 7. The molecule has 0 saturated carbocycles. The van der Waals surface area contributed by atoms with E-state index in [0.717, 1.165) is 30.8 Å². The van der Waals surface area contributed by atoms with Crippen LogP contribution in [-0.2, 0) is 13.0 Å². The molecule has 2 aromatic rings. The minimum atomic E-state index is -0.294. The summed E-state index contributed by atoms with van der Waals surface area (Å²) in [4.78, 5) is 8.50. The van der Waals surface area contributed by atoms with E-state index in [0.29, 0.717) is 42.6 Å². The molecule has 1 aromatic heterocycles. The highest BCUT2D eigenvalue weighted by atomic mass is 19.1. The molecular formula is C21H27F2N7. The Hall–Kier alpha value is -2.78. The lowest BCUT2D eigenvalue weighted by Crippen LogP contribution is -2.47. The van der Waals surface area contributed by atoms with E-state index in [1.54, 1.807) is 18.3 Å². The SMILES string of the molecule is CC(C)Cc1cc(F)c(C2=NNNN2)c(N2CCN(Cc3ncccc3F)CC2)c1. The quantitative estimate of drug-likeness (QED) is 0.672. The summed E-state index contributed by atoms with van der Waals surface area (Å²) < 4.78 is 29.0. The molecule has 4 rings (SSSR count). The van der Waals surface area contributed by atoms with Crippen LogP contribution in [0.15, 0.2) is 35.6 Å². The van der Waals surface area contributed by atoms with Crippen LogP contribution >= 0.6 is 0 Å². The van der Waals surface area contributed by atoms with Gasteiger partial charge in [0.15, 0.2) is 5.84 Å². The molecule has 0 aliphatic carbocycles. The van der Waals surface area contributed by atoms with Gasteiger partial charge >= 0.3 is 0 Å². The Morgan fingerprint density at radius 1 is 1.10 bits per heavy atom. The monoisotopic (exact) mass is 415 g/mol. The first-order valence-electron chi connectivity index (χ1n) is 10.2. The average molecular weight is 415 g/mol. The summed E-state index contributed by atoms with van der Waals surface area (Å²) in [6.07, 6.45) is 2.42. The molecule has 3 N–H and O–H groups in total. The first-order chi connectivity index (χ1) is 14.5. The third-order valence-electron chi connectivity index (χ3n) is 5.34. The summed E-state index contributed by atoms with van der Waals surface area (Å²) in [5.74, 6) is 0.281. The minimum Gasteiger partial charge on any atom is -0.368 e. The molecule has 0 atom stereocenters. The smallest absolute Gasteiger partial charge is 0.175 e. The van der Waals surface area contributed by atoms with E-state index in [1.807, 2.05) is 0 Å². The van der Waals surface area contributed by atoms with E-state index < -0.39 is 0 Å². The number of halogens is 2. The van der Waals surface area contributed by atoms with Crippen LogP contribution in [0.2, 0.25) is 0 Å². The van der Waals surface area contributed by atoms with Gasteiger partial charge in [-0.1, -0.05) is 13.8 Å². The maximum atomic E-state index is 15.1. The van der Waals surface area contributed by atoms with Crippen molar-refractivity contribution in [1.29, 1.82) is 0 Å². The summed E-state index contributed by atoms with van der Waals surface area (Å²) in [6, 6.07) is 6.70. The number of piperazine rings is 1. The number of hydrazone groups is 1. The maximum absolute atomic E-state index is 15.1. The molecule has 1 saturated heterocycles. The van der Waals surface area contributed by atoms with Crippen LogP contribution in [0.1, 0.15) is 30.7 Å². The molecule has 7 nitrogen and oxygen atoms in total. The molecule has 0 bridgehead atoms. The number of benzene rings is 1. The van der Waals surface area contributed by atoms with Crippen molar-refractivity contribution in [2.24, 2.45) is 11.0 Å². The number of aromatic nitrogens is 1. The lowest BCUT2D eigenvalue weighted by molar-refractivity contribution is 0.243. The van der Waals surface area contributed by atoms with Crippen molar-refractivity contribution in [1.82, 2.24) is 26.4 Å². The van der Waals surface area contributed by atoms with Crippen LogP contribution in [0.25, 0.3) is 0 Å². The van der Waals surface area contributed by atoms with Crippen LogP contribution in [0, 0.1) is 17.6 Å². The van der Waals surface area contributed by atoms with Crippen LogP contribution < -0.4 is 21.4 Å². The Labute approximate surface area is 175 Å². The lowest BCUT2D eigenvalue weighted by Gasteiger charge is -2.37. The van der Waals surface area contributed by atoms with Gasteiger partial charge < -0.3 is 4.90 Å². The van der Waals surface area contributed by atoms with E-state index >= 15 is 4.39 Å². The molecule has 0 unspecified atom stereocenters. The number of amidine groups is 1. The fraction of sp³-hybridized carbons (Fsp3) is 0.429. The molecule has 9 heteroatoms. The van der Waals surface area contributed by atoms with Gasteiger partial charge in [-0.05, 0) is 42.2 Å². The second-order valence-electron chi connectivity index (χ2n) is 8.09. The molecular weight excluding hydrogens is 388 g/mol. The van der Waals surface area contributed by atoms with Gasteiger partial charge in [0, 0.05) is 38.9 Å². The lowest BCUT2D eigenvalue weighted by atomic mass is 9.98. The summed E-state index contributed by atoms with van der Waals surface area (Å²) in [7, 11) is 0. The highest BCUT2D eigenvalue weighted by Gasteiger charge is 2.26. The highest BCUT2D eigenvalue weighted by molar-refractivity contribution is 6.04. The van der Waals surface area contributed by atoms with Crippen molar-refractivity contribution in [3.63, 3.8) is 0 Å². The van der Waals surface area contributed by atoms with Gasteiger partial charge in [0.1, 0.15) is 11.6 Å². The molecule has 3 heterocycles. The second-order valence-corrected chi connectivity index (χ2v) is 8.09. The van der Waals surface area contributed by atoms with Crippen molar-refractivity contribution in [2.75, 3.05) is 31.1 Å². The second kappa shape index (κ2) is 8.93. The third-order valence-corrected chi connectivity index (χ3v) is 5.34. The van der Waals surface area contributed by atoms with Gasteiger partial charge in [-0.15, -0.1) is 10.6 Å². The Bertz CT molecular complexity index is 924. The van der Waals surface area contributed by atoms with Crippen molar-refractivity contribution in [3.05, 3.63) is 58.9 Å². The maximum Gasteiger partial charge on any atom is 0.175 e. The highest BCUT2D eigenvalue weighted by Crippen LogP contribution is 2.28. The van der Waals surface area contributed by atoms with E-state index in [-0.39, 0.29) is 11.6 Å². The molecule has 0 amide bonds. The molecule has 0 radical (unpaired) electrons. The predicted molar refractivity (Wildman–Crippen MR) is 113 cm³/mol. The third kappa shape index (κ3) is 4.52. The Morgan fingerprint density at radius 2 is 1.90 bits per heavy atom. The van der Waals surface area contributed by atoms with Crippen molar-refractivity contribution in [2.45, 2.75) is 26.8 Å². The topological polar surface area (TPSA) is 67.8 Å². The van der Waals surface area contributed by atoms with Crippen LogP contribution in [0.5, 0.6) is 0 Å². The van der Waals surface area contributed by atoms with Crippen LogP contribution in [-0.4, -0.2) is 41.9 Å². The number of nitrogens with one attached hydrogen (secondary N) is 3. The standard InChI is InChI=1S/C21H27F2N7/c1-14(2)10-15-11-17(23)20(21-25-27-28-26-21)19(12-15)30-8-6-29(7-9-30)13-18-16(22)4-3-5-24-18/h3-5,11-12,14,27-28H,6-10,13H2,1-2H3,(H,25,26). The van der Waals surface area contributed by atoms with E-state index in [9.17, 15) is 4.39 Å². The number of anilines is 1. The average Bonchev–Trinajstić information content (AvgIpc) is 3.24. The van der Waals surface area contributed by atoms with Gasteiger partial charge in [-0.2, -0.15) is 0 Å². The molecule has 1 fully saturated rings. The molecule has 30 heavy (non-hydrogen) atoms. The zero-order chi connectivity index (χ0) is 21.1. The minimum absolute atomic E-state index is 0.281. The predicted octanol–water partition coefficient (Wildman–Crippen LogP) is 2.15. The van der Waals surface area contributed by atoms with Crippen molar-refractivity contribution < 1.29 is 8.78 Å². The van der Waals surface area contributed by atoms with Gasteiger partial charge in [0.2, 0.25) is 0 Å². The van der Waals surface area contributed by atoms with E-state index in [2.05, 4.69) is 56.3 Å². The first-order valence-corrected chi connectivity index (χ1v) is 10.2. The largest absolute Gasteiger partial charge is 0.368 e. The summed E-state index contributed by atoms with van der Waals surface area (Å²) in [5.41, 5.74) is 10.8. The van der Waals surface area contributed by atoms with Crippen LogP contribution in [0.3, 0.4) is 0 Å². The number of nitrogens with zero attached hydrogens (tertiary/aromatic N) is 4. The van der Waals surface area contributed by atoms with Gasteiger partial charge in [-0.25, -0.2) is 14.3 Å². The Morgan fingerprint density at radius 3 is 2.57 bits per heavy atom. The Kier molecular flexibility index (Phi) is 6.10. The van der Waals surface area contributed by atoms with Crippen molar-refractivity contribution >= 4 is 11.5 Å². The molecule has 0 spiro atoms. The number of hydrazine groups is 2. The Balaban J connectivity index is 1.54. The number of rotatable bonds is 6. The molecule has 1 aromatic carbocycles. The van der Waals surface area contributed by atoms with E-state index in [1.165, 1.54) is 6.07 Å². The molecule has 2 aliphatic heterocycles. The van der Waals surface area contributed by atoms with E-state index in [4.69, 9.17) is 0 Å². The number of hydrogen-bond donors (Lipinski definition) is 3. The van der Waals surface area contributed by atoms with Gasteiger partial charge in [0.25, 0.3) is 0 Å². The first kappa shape index (κ1) is 20.5. The van der Waals surface area contributed by atoms with Crippen molar-refractivity contribution in [3.8, 4) is 0 Å². The number of pyridine rings is 1. The molecule has 2 aliphatic rings. The van der Waals surface area contributed by atoms with Crippen LogP contribution in [0.4, 0.5) is 14.5 Å². The normalized spacial score (nSPS) is 17.1. The molecule has 160 valence electrons. The zero-order valence-electron chi connectivity index (χ0n) is 17.3. The fourth-order valence-corrected chi connectivity index (χ4v) is 3.93. The van der Waals surface area contributed by atoms with Gasteiger partial charge in [0.05, 0.1) is 16.9 Å². The van der Waals surface area contributed by atoms with Gasteiger partial charge in [-0.3, -0.25) is 15.3 Å². The summed E-state index contributed by atoms with van der Waals surface area (Å²) in [5, 5.41) is 4.11. The zero-order valence-corrected chi connectivity index (χ0v) is 17.3. The summed E-state index contributed by atoms with van der Waals surface area (Å²) >= 11 is 0. The summed E-state index contributed by atoms with van der Waals surface area (Å²) in [6.45, 7) is 7.61.